The lowest BCUT2D eigenvalue weighted by Gasteiger charge is -2.09. The first-order valence-electron chi connectivity index (χ1n) is 3.46. The third-order valence-corrected chi connectivity index (χ3v) is 0.596. The lowest BCUT2D eigenvalue weighted by Crippen LogP contribution is -1.99. The van der Waals surface area contributed by atoms with Gasteiger partial charge in [0.25, 0.3) is 0 Å². The van der Waals surface area contributed by atoms with Crippen molar-refractivity contribution in [2.45, 2.75) is 34.6 Å². The van der Waals surface area contributed by atoms with Gasteiger partial charge >= 0.3 is 0 Å². The zero-order chi connectivity index (χ0) is 7.91. The van der Waals surface area contributed by atoms with Crippen molar-refractivity contribution in [3.05, 3.63) is 12.3 Å². The summed E-state index contributed by atoms with van der Waals surface area (Å²) >= 11 is 0. The molecule has 0 spiro atoms. The van der Waals surface area contributed by atoms with E-state index in [4.69, 9.17) is 5.73 Å². The molecule has 0 aliphatic carbocycles. The Bertz CT molecular complexity index is 67.1. The van der Waals surface area contributed by atoms with E-state index in [1.807, 2.05) is 19.9 Å². The van der Waals surface area contributed by atoms with E-state index in [0.717, 1.165) is 0 Å². The molecular formula is C8H19N. The highest BCUT2D eigenvalue weighted by atomic mass is 14.5. The van der Waals surface area contributed by atoms with Gasteiger partial charge in [-0.2, -0.15) is 0 Å². The van der Waals surface area contributed by atoms with E-state index in [1.165, 1.54) is 0 Å². The van der Waals surface area contributed by atoms with Crippen LogP contribution >= 0.6 is 0 Å². The molecular weight excluding hydrogens is 110 g/mol. The predicted molar refractivity (Wildman–Crippen MR) is 44.1 cm³/mol. The Morgan fingerprint density at radius 2 is 1.44 bits per heavy atom. The van der Waals surface area contributed by atoms with Crippen molar-refractivity contribution in [2.24, 2.45) is 11.1 Å². The summed E-state index contributed by atoms with van der Waals surface area (Å²) in [7, 11) is 0. The van der Waals surface area contributed by atoms with Crippen molar-refractivity contribution in [3.63, 3.8) is 0 Å². The molecule has 0 aromatic carbocycles. The van der Waals surface area contributed by atoms with Crippen LogP contribution in [0.25, 0.3) is 0 Å². The number of hydrogen-bond acceptors (Lipinski definition) is 1. The van der Waals surface area contributed by atoms with Crippen molar-refractivity contribution in [1.29, 1.82) is 0 Å². The smallest absolute Gasteiger partial charge is 0.00977 e. The fourth-order valence-electron chi connectivity index (χ4n) is 0.289. The minimum atomic E-state index is 0.245. The first-order chi connectivity index (χ1) is 4.06. The molecule has 0 amide bonds. The lowest BCUT2D eigenvalue weighted by molar-refractivity contribution is 0.543. The van der Waals surface area contributed by atoms with Gasteiger partial charge in [0, 0.05) is 0 Å². The van der Waals surface area contributed by atoms with Crippen LogP contribution in [0.15, 0.2) is 12.3 Å². The van der Waals surface area contributed by atoms with E-state index in [1.54, 1.807) is 6.20 Å². The number of hydrogen-bond donors (Lipinski definition) is 1. The maximum atomic E-state index is 5.13. The third-order valence-electron chi connectivity index (χ3n) is 0.596. The summed E-state index contributed by atoms with van der Waals surface area (Å²) in [5.41, 5.74) is 5.38. The van der Waals surface area contributed by atoms with Crippen LogP contribution in [0.3, 0.4) is 0 Å². The van der Waals surface area contributed by atoms with E-state index in [2.05, 4.69) is 20.8 Å². The summed E-state index contributed by atoms with van der Waals surface area (Å²) in [5, 5.41) is 0. The molecule has 0 atom stereocenters. The van der Waals surface area contributed by atoms with Gasteiger partial charge in [-0.1, -0.05) is 40.7 Å². The molecule has 0 aliphatic heterocycles. The summed E-state index contributed by atoms with van der Waals surface area (Å²) in [5.74, 6) is 0. The molecule has 0 aromatic rings. The van der Waals surface area contributed by atoms with Crippen LogP contribution in [0.1, 0.15) is 34.6 Å². The highest BCUT2D eigenvalue weighted by Gasteiger charge is 2.01. The Hall–Kier alpha value is -0.460. The van der Waals surface area contributed by atoms with Gasteiger partial charge in [0.1, 0.15) is 0 Å². The molecule has 56 valence electrons. The average molecular weight is 129 g/mol. The van der Waals surface area contributed by atoms with Gasteiger partial charge in [-0.3, -0.25) is 0 Å². The van der Waals surface area contributed by atoms with Crippen molar-refractivity contribution in [1.82, 2.24) is 0 Å². The van der Waals surface area contributed by atoms with Crippen LogP contribution in [-0.2, 0) is 0 Å². The van der Waals surface area contributed by atoms with Gasteiger partial charge in [-0.25, -0.2) is 0 Å². The normalized spacial score (nSPS) is 10.8. The van der Waals surface area contributed by atoms with E-state index >= 15 is 0 Å². The Morgan fingerprint density at radius 1 is 1.11 bits per heavy atom. The third kappa shape index (κ3) is 18.5. The second-order valence-corrected chi connectivity index (χ2v) is 2.73. The SMILES string of the molecule is CC.CC(C)(C)/C=C\N. The van der Waals surface area contributed by atoms with Gasteiger partial charge < -0.3 is 5.73 Å². The first-order valence-corrected chi connectivity index (χ1v) is 3.46. The van der Waals surface area contributed by atoms with Crippen LogP contribution in [-0.4, -0.2) is 0 Å². The Kier molecular flexibility index (Phi) is 7.15. The van der Waals surface area contributed by atoms with Gasteiger partial charge in [0.15, 0.2) is 0 Å². The van der Waals surface area contributed by atoms with Gasteiger partial charge in [-0.05, 0) is 11.6 Å². The zero-order valence-corrected chi connectivity index (χ0v) is 7.23. The highest BCUT2D eigenvalue weighted by molar-refractivity contribution is 4.88. The van der Waals surface area contributed by atoms with E-state index in [0.29, 0.717) is 0 Å². The lowest BCUT2D eigenvalue weighted by atomic mass is 9.97. The molecule has 9 heavy (non-hydrogen) atoms. The van der Waals surface area contributed by atoms with Crippen molar-refractivity contribution in [3.8, 4) is 0 Å². The molecule has 0 unspecified atom stereocenters. The van der Waals surface area contributed by atoms with Crippen LogP contribution in [0.4, 0.5) is 0 Å². The Labute approximate surface area is 58.9 Å². The van der Waals surface area contributed by atoms with Crippen LogP contribution in [0, 0.1) is 5.41 Å². The molecule has 0 heterocycles. The van der Waals surface area contributed by atoms with Crippen molar-refractivity contribution < 1.29 is 0 Å². The summed E-state index contributed by atoms with van der Waals surface area (Å²) in [6, 6.07) is 0. The fourth-order valence-corrected chi connectivity index (χ4v) is 0.289. The van der Waals surface area contributed by atoms with E-state index in [9.17, 15) is 0 Å². The van der Waals surface area contributed by atoms with Crippen LogP contribution in [0.2, 0.25) is 0 Å². The maximum absolute atomic E-state index is 5.13. The molecule has 0 radical (unpaired) electrons. The average Bonchev–Trinajstić information content (AvgIpc) is 1.69. The second kappa shape index (κ2) is 5.67. The molecule has 2 N–H and O–H groups in total. The highest BCUT2D eigenvalue weighted by Crippen LogP contribution is 2.12. The van der Waals surface area contributed by atoms with Crippen LogP contribution < -0.4 is 5.73 Å². The van der Waals surface area contributed by atoms with Crippen molar-refractivity contribution >= 4 is 0 Å². The first kappa shape index (κ1) is 11.4. The predicted octanol–water partition coefficient (Wildman–Crippen LogP) is 2.53. The number of rotatable bonds is 0. The standard InChI is InChI=1S/C6H13N.C2H6/c1-6(2,3)4-5-7;1-2/h4-5H,7H2,1-3H3;1-2H3/b5-4-;. The molecule has 1 nitrogen and oxygen atoms in total. The van der Waals surface area contributed by atoms with Gasteiger partial charge in [-0.15, -0.1) is 0 Å². The molecule has 1 heteroatoms. The maximum Gasteiger partial charge on any atom is -0.00977 e. The summed E-state index contributed by atoms with van der Waals surface area (Å²) in [6.07, 6.45) is 3.55. The molecule has 0 saturated heterocycles. The fraction of sp³-hybridized carbons (Fsp3) is 0.750. The molecule has 0 bridgehead atoms. The van der Waals surface area contributed by atoms with Gasteiger partial charge in [0.05, 0.1) is 0 Å². The molecule has 0 aliphatic rings. The van der Waals surface area contributed by atoms with E-state index < -0.39 is 0 Å². The summed E-state index contributed by atoms with van der Waals surface area (Å²) in [6.45, 7) is 10.3. The molecule has 0 fully saturated rings. The summed E-state index contributed by atoms with van der Waals surface area (Å²) < 4.78 is 0. The van der Waals surface area contributed by atoms with E-state index in [-0.39, 0.29) is 5.41 Å². The second-order valence-electron chi connectivity index (χ2n) is 2.73. The molecule has 0 rings (SSSR count). The zero-order valence-electron chi connectivity index (χ0n) is 7.23. The van der Waals surface area contributed by atoms with Crippen LogP contribution in [0.5, 0.6) is 0 Å². The number of allylic oxidation sites excluding steroid dienone is 1. The topological polar surface area (TPSA) is 26.0 Å². The minimum Gasteiger partial charge on any atom is -0.405 e. The Balaban J connectivity index is 0. The largest absolute Gasteiger partial charge is 0.405 e. The van der Waals surface area contributed by atoms with Gasteiger partial charge in [0.2, 0.25) is 0 Å². The summed E-state index contributed by atoms with van der Waals surface area (Å²) in [4.78, 5) is 0. The van der Waals surface area contributed by atoms with Crippen molar-refractivity contribution in [2.75, 3.05) is 0 Å². The quantitative estimate of drug-likeness (QED) is 0.534. The minimum absolute atomic E-state index is 0.245. The Morgan fingerprint density at radius 3 is 1.44 bits per heavy atom. The number of nitrogens with two attached hydrogens (primary N) is 1. The monoisotopic (exact) mass is 129 g/mol. The molecule has 0 saturated carbocycles. The molecule has 0 aromatic heterocycles.